The number of aliphatic hydroxyl groups excluding tert-OH is 1. The summed E-state index contributed by atoms with van der Waals surface area (Å²) >= 11 is 0. The molecule has 12 heavy (non-hydrogen) atoms. The number of aromatic nitrogens is 3. The van der Waals surface area contributed by atoms with Crippen LogP contribution in [0, 0.1) is 5.92 Å². The molecule has 1 atom stereocenters. The van der Waals surface area contributed by atoms with E-state index in [9.17, 15) is 0 Å². The van der Waals surface area contributed by atoms with Gasteiger partial charge in [0.15, 0.2) is 0 Å². The molecule has 1 N–H and O–H groups in total. The Balaban J connectivity index is 2.66. The van der Waals surface area contributed by atoms with Crippen molar-refractivity contribution >= 4 is 0 Å². The van der Waals surface area contributed by atoms with Crippen LogP contribution in [0.5, 0.6) is 0 Å². The highest BCUT2D eigenvalue weighted by atomic mass is 16.3. The molecule has 68 valence electrons. The van der Waals surface area contributed by atoms with Gasteiger partial charge in [-0.3, -0.25) is 0 Å². The maximum Gasteiger partial charge on any atom is 0.119 e. The lowest BCUT2D eigenvalue weighted by atomic mass is 10.0. The Morgan fingerprint density at radius 2 is 1.92 bits per heavy atom. The number of rotatable bonds is 4. The zero-order chi connectivity index (χ0) is 8.97. The van der Waals surface area contributed by atoms with E-state index >= 15 is 0 Å². The number of hydrogen-bond acceptors (Lipinski definition) is 3. The second kappa shape index (κ2) is 4.21. The van der Waals surface area contributed by atoms with Gasteiger partial charge in [-0.2, -0.15) is 0 Å². The third-order valence-corrected chi connectivity index (χ3v) is 2.01. The van der Waals surface area contributed by atoms with Crippen LogP contribution in [0.2, 0.25) is 0 Å². The highest BCUT2D eigenvalue weighted by molar-refractivity contribution is 4.74. The zero-order valence-corrected chi connectivity index (χ0v) is 7.51. The van der Waals surface area contributed by atoms with Gasteiger partial charge in [-0.05, 0) is 12.3 Å². The molecule has 1 aromatic heterocycles. The van der Waals surface area contributed by atoms with Crippen LogP contribution in [0.4, 0.5) is 0 Å². The largest absolute Gasteiger partial charge is 0.396 e. The first-order chi connectivity index (χ1) is 5.75. The molecule has 0 fully saturated rings. The van der Waals surface area contributed by atoms with Gasteiger partial charge < -0.3 is 9.67 Å². The number of nitrogens with zero attached hydrogens (tertiary/aromatic N) is 3. The van der Waals surface area contributed by atoms with Crippen LogP contribution < -0.4 is 0 Å². The third-order valence-electron chi connectivity index (χ3n) is 2.01. The normalized spacial score (nSPS) is 13.7. The molecule has 0 saturated carbocycles. The van der Waals surface area contributed by atoms with Crippen LogP contribution in [-0.2, 0) is 0 Å². The van der Waals surface area contributed by atoms with E-state index in [0.29, 0.717) is 12.0 Å². The molecule has 0 radical (unpaired) electrons. The van der Waals surface area contributed by atoms with E-state index in [1.807, 2.05) is 4.57 Å². The molecule has 0 amide bonds. The van der Waals surface area contributed by atoms with Gasteiger partial charge >= 0.3 is 0 Å². The lowest BCUT2D eigenvalue weighted by molar-refractivity contribution is 0.232. The zero-order valence-electron chi connectivity index (χ0n) is 7.51. The Hall–Kier alpha value is -0.900. The maximum absolute atomic E-state index is 8.83. The van der Waals surface area contributed by atoms with Gasteiger partial charge in [0.25, 0.3) is 0 Å². The maximum atomic E-state index is 8.83. The predicted octanol–water partition coefficient (Wildman–Crippen LogP) is 0.858. The molecule has 1 rings (SSSR count). The van der Waals surface area contributed by atoms with Crippen molar-refractivity contribution in [3.05, 3.63) is 12.7 Å². The molecule has 1 aromatic rings. The van der Waals surface area contributed by atoms with Crippen LogP contribution in [0.1, 0.15) is 26.3 Å². The van der Waals surface area contributed by atoms with Gasteiger partial charge in [-0.1, -0.05) is 13.8 Å². The summed E-state index contributed by atoms with van der Waals surface area (Å²) in [7, 11) is 0. The van der Waals surface area contributed by atoms with Gasteiger partial charge in [0, 0.05) is 12.6 Å². The van der Waals surface area contributed by atoms with Crippen LogP contribution in [0.15, 0.2) is 12.7 Å². The van der Waals surface area contributed by atoms with Crippen molar-refractivity contribution in [2.45, 2.75) is 26.3 Å². The molecule has 0 aliphatic carbocycles. The van der Waals surface area contributed by atoms with Gasteiger partial charge in [0.1, 0.15) is 12.7 Å². The molecular weight excluding hydrogens is 154 g/mol. The first kappa shape index (κ1) is 9.19. The molecule has 0 aliphatic rings. The van der Waals surface area contributed by atoms with E-state index in [-0.39, 0.29) is 6.61 Å². The molecule has 0 saturated heterocycles. The van der Waals surface area contributed by atoms with E-state index in [0.717, 1.165) is 6.42 Å². The number of hydrogen-bond donors (Lipinski definition) is 1. The van der Waals surface area contributed by atoms with E-state index < -0.39 is 0 Å². The molecule has 0 aliphatic heterocycles. The van der Waals surface area contributed by atoms with E-state index in [2.05, 4.69) is 24.0 Å². The van der Waals surface area contributed by atoms with E-state index in [1.54, 1.807) is 12.7 Å². The molecule has 0 bridgehead atoms. The van der Waals surface area contributed by atoms with E-state index in [1.165, 1.54) is 0 Å². The van der Waals surface area contributed by atoms with Crippen LogP contribution in [0.3, 0.4) is 0 Å². The fourth-order valence-electron chi connectivity index (χ4n) is 1.34. The first-order valence-corrected chi connectivity index (χ1v) is 4.20. The average molecular weight is 169 g/mol. The van der Waals surface area contributed by atoms with Gasteiger partial charge in [-0.15, -0.1) is 10.2 Å². The smallest absolute Gasteiger partial charge is 0.119 e. The third kappa shape index (κ3) is 2.04. The quantitative estimate of drug-likeness (QED) is 0.727. The van der Waals surface area contributed by atoms with Crippen molar-refractivity contribution in [2.75, 3.05) is 6.61 Å². The van der Waals surface area contributed by atoms with Gasteiger partial charge in [-0.25, -0.2) is 0 Å². The highest BCUT2D eigenvalue weighted by Gasteiger charge is 2.13. The summed E-state index contributed by atoms with van der Waals surface area (Å²) in [6, 6.07) is 0.310. The summed E-state index contributed by atoms with van der Waals surface area (Å²) in [6.45, 7) is 4.46. The summed E-state index contributed by atoms with van der Waals surface area (Å²) in [5.41, 5.74) is 0. The Morgan fingerprint density at radius 3 is 2.33 bits per heavy atom. The van der Waals surface area contributed by atoms with Crippen molar-refractivity contribution in [2.24, 2.45) is 5.92 Å². The second-order valence-corrected chi connectivity index (χ2v) is 3.23. The lowest BCUT2D eigenvalue weighted by Gasteiger charge is -2.20. The minimum absolute atomic E-state index is 0.209. The van der Waals surface area contributed by atoms with Crippen molar-refractivity contribution < 1.29 is 5.11 Å². The van der Waals surface area contributed by atoms with Crippen molar-refractivity contribution in [3.8, 4) is 0 Å². The van der Waals surface area contributed by atoms with Crippen molar-refractivity contribution in [1.82, 2.24) is 14.8 Å². The van der Waals surface area contributed by atoms with Gasteiger partial charge in [0.05, 0.1) is 0 Å². The van der Waals surface area contributed by atoms with Gasteiger partial charge in [0.2, 0.25) is 0 Å². The Kier molecular flexibility index (Phi) is 3.22. The summed E-state index contributed by atoms with van der Waals surface area (Å²) in [5, 5.41) is 16.3. The van der Waals surface area contributed by atoms with Crippen molar-refractivity contribution in [1.29, 1.82) is 0 Å². The molecule has 4 nitrogen and oxygen atoms in total. The monoisotopic (exact) mass is 169 g/mol. The molecule has 0 aromatic carbocycles. The molecule has 4 heteroatoms. The Labute approximate surface area is 72.2 Å². The summed E-state index contributed by atoms with van der Waals surface area (Å²) < 4.78 is 1.95. The first-order valence-electron chi connectivity index (χ1n) is 4.20. The van der Waals surface area contributed by atoms with Crippen LogP contribution in [0.25, 0.3) is 0 Å². The molecule has 1 unspecified atom stereocenters. The fraction of sp³-hybridized carbons (Fsp3) is 0.750. The molecular formula is C8H15N3O. The topological polar surface area (TPSA) is 50.9 Å². The lowest BCUT2D eigenvalue weighted by Crippen LogP contribution is -2.15. The standard InChI is InChI=1S/C8H15N3O/c1-7(2)8(3-4-12)11-5-9-10-6-11/h5-8,12H,3-4H2,1-2H3. The number of aliphatic hydroxyl groups is 1. The summed E-state index contributed by atoms with van der Waals surface area (Å²) in [4.78, 5) is 0. The predicted molar refractivity (Wildman–Crippen MR) is 45.6 cm³/mol. The fourth-order valence-corrected chi connectivity index (χ4v) is 1.34. The van der Waals surface area contributed by atoms with Crippen molar-refractivity contribution in [3.63, 3.8) is 0 Å². The average Bonchev–Trinajstić information content (AvgIpc) is 2.51. The Morgan fingerprint density at radius 1 is 1.33 bits per heavy atom. The van der Waals surface area contributed by atoms with Crippen LogP contribution in [-0.4, -0.2) is 26.5 Å². The minimum Gasteiger partial charge on any atom is -0.396 e. The summed E-state index contributed by atoms with van der Waals surface area (Å²) in [5.74, 6) is 0.494. The SMILES string of the molecule is CC(C)C(CCO)n1cnnc1. The van der Waals surface area contributed by atoms with E-state index in [4.69, 9.17) is 5.11 Å². The van der Waals surface area contributed by atoms with Crippen LogP contribution >= 0.6 is 0 Å². The summed E-state index contributed by atoms with van der Waals surface area (Å²) in [6.07, 6.45) is 4.15. The highest BCUT2D eigenvalue weighted by Crippen LogP contribution is 2.19. The minimum atomic E-state index is 0.209. The molecule has 0 spiro atoms. The molecule has 1 heterocycles. The second-order valence-electron chi connectivity index (χ2n) is 3.23. The Bertz CT molecular complexity index is 208.